The average molecular weight is 671 g/mol. The van der Waals surface area contributed by atoms with Crippen molar-refractivity contribution in [3.05, 3.63) is 60.0 Å². The van der Waals surface area contributed by atoms with Crippen LogP contribution >= 0.6 is 43.5 Å². The van der Waals surface area contributed by atoms with Gasteiger partial charge in [-0.2, -0.15) is 9.78 Å². The highest BCUT2D eigenvalue weighted by molar-refractivity contribution is 9.10. The van der Waals surface area contributed by atoms with E-state index in [2.05, 4.69) is 37.0 Å². The van der Waals surface area contributed by atoms with E-state index in [1.54, 1.807) is 23.1 Å². The molecule has 2 aromatic carbocycles. The molecule has 1 aromatic heterocycles. The Bertz CT molecular complexity index is 1460. The van der Waals surface area contributed by atoms with Gasteiger partial charge in [0.2, 0.25) is 0 Å². The van der Waals surface area contributed by atoms with Crippen molar-refractivity contribution in [2.75, 3.05) is 40.0 Å². The smallest absolute Gasteiger partial charge is 0.282 e. The molecule has 4 rings (SSSR count). The Morgan fingerprint density at radius 1 is 1.24 bits per heavy atom. The van der Waals surface area contributed by atoms with E-state index in [1.165, 1.54) is 18.0 Å². The van der Waals surface area contributed by atoms with E-state index in [0.29, 0.717) is 58.8 Å². The van der Waals surface area contributed by atoms with Crippen molar-refractivity contribution in [2.45, 2.75) is 26.2 Å². The van der Waals surface area contributed by atoms with Crippen molar-refractivity contribution in [3.8, 4) is 11.5 Å². The van der Waals surface area contributed by atoms with Crippen LogP contribution in [0.25, 0.3) is 10.9 Å². The molecule has 0 unspecified atom stereocenters. The number of halogens is 3. The van der Waals surface area contributed by atoms with Gasteiger partial charge in [-0.15, -0.1) is 0 Å². The minimum absolute atomic E-state index is 0.169. The van der Waals surface area contributed by atoms with Gasteiger partial charge >= 0.3 is 0 Å². The summed E-state index contributed by atoms with van der Waals surface area (Å²) in [5, 5.41) is 5.16. The van der Waals surface area contributed by atoms with E-state index in [1.807, 2.05) is 26.8 Å². The predicted molar refractivity (Wildman–Crippen MR) is 154 cm³/mol. The largest absolute Gasteiger partial charge is 0.493 e. The van der Waals surface area contributed by atoms with E-state index < -0.39 is 5.41 Å². The van der Waals surface area contributed by atoms with Gasteiger partial charge in [0.25, 0.3) is 11.5 Å². The molecule has 0 atom stereocenters. The third-order valence-corrected chi connectivity index (χ3v) is 7.81. The van der Waals surface area contributed by atoms with E-state index in [-0.39, 0.29) is 28.8 Å². The normalized spacial score (nSPS) is 14.3. The quantitative estimate of drug-likeness (QED) is 0.343. The summed E-state index contributed by atoms with van der Waals surface area (Å²) in [4.78, 5) is 32.4. The van der Waals surface area contributed by atoms with E-state index in [9.17, 15) is 9.59 Å². The van der Waals surface area contributed by atoms with Crippen LogP contribution in [-0.2, 0) is 14.9 Å². The molecule has 1 amide bonds. The second kappa shape index (κ2) is 11.7. The molecule has 38 heavy (non-hydrogen) atoms. The summed E-state index contributed by atoms with van der Waals surface area (Å²) in [6, 6.07) is 7.04. The lowest BCUT2D eigenvalue weighted by molar-refractivity contribution is -0.137. The molecule has 0 aliphatic carbocycles. The Morgan fingerprint density at radius 3 is 2.61 bits per heavy atom. The van der Waals surface area contributed by atoms with Crippen LogP contribution in [0, 0.1) is 0 Å². The topological polar surface area (TPSA) is 95.2 Å². The first-order chi connectivity index (χ1) is 18.0. The van der Waals surface area contributed by atoms with Crippen molar-refractivity contribution in [2.24, 2.45) is 5.10 Å². The van der Waals surface area contributed by atoms with Crippen molar-refractivity contribution in [1.29, 1.82) is 0 Å². The van der Waals surface area contributed by atoms with Crippen molar-refractivity contribution < 1.29 is 19.0 Å². The van der Waals surface area contributed by atoms with Crippen LogP contribution in [0.1, 0.15) is 32.2 Å². The Kier molecular flexibility index (Phi) is 8.81. The number of carbonyl (C=O) groups is 1. The number of hydrogen-bond donors (Lipinski definition) is 0. The van der Waals surface area contributed by atoms with Crippen LogP contribution in [-0.4, -0.2) is 66.7 Å². The highest BCUT2D eigenvalue weighted by atomic mass is 79.9. The average Bonchev–Trinajstić information content (AvgIpc) is 2.89. The zero-order valence-corrected chi connectivity index (χ0v) is 25.3. The van der Waals surface area contributed by atoms with Gasteiger partial charge in [0, 0.05) is 33.0 Å². The van der Waals surface area contributed by atoms with Gasteiger partial charge in [-0.25, -0.2) is 4.98 Å². The number of rotatable bonds is 6. The molecule has 12 heteroatoms. The number of ether oxygens (including phenoxy) is 3. The molecule has 1 saturated heterocycles. The fraction of sp³-hybridized carbons (Fsp3) is 0.385. The monoisotopic (exact) mass is 668 g/mol. The van der Waals surface area contributed by atoms with E-state index >= 15 is 0 Å². The first-order valence-electron chi connectivity index (χ1n) is 11.8. The number of hydrogen-bond acceptors (Lipinski definition) is 7. The second-order valence-electron chi connectivity index (χ2n) is 9.62. The molecule has 3 aromatic rings. The number of carbonyl (C=O) groups excluding carboxylic acids is 1. The van der Waals surface area contributed by atoms with E-state index in [0.717, 1.165) is 4.47 Å². The van der Waals surface area contributed by atoms with Gasteiger partial charge in [-0.05, 0) is 40.2 Å². The van der Waals surface area contributed by atoms with E-state index in [4.69, 9.17) is 30.8 Å². The molecule has 0 spiro atoms. The van der Waals surface area contributed by atoms with Crippen LogP contribution in [0.15, 0.2) is 43.1 Å². The fourth-order valence-electron chi connectivity index (χ4n) is 3.88. The SMILES string of the molecule is COc1cc(C=Nn2c(C(C)(C)C)nc3ccc(Br)cc3c2=O)c(Br)c(Cl)c1OCC(=O)N1CCOCC1. The Labute approximate surface area is 242 Å². The van der Waals surface area contributed by atoms with Gasteiger partial charge in [0.1, 0.15) is 10.8 Å². The summed E-state index contributed by atoms with van der Waals surface area (Å²) in [6.45, 7) is 7.73. The molecular weight excluding hydrogens is 644 g/mol. The van der Waals surface area contributed by atoms with Crippen LogP contribution < -0.4 is 15.0 Å². The fourth-order valence-corrected chi connectivity index (χ4v) is 4.90. The third kappa shape index (κ3) is 6.06. The Morgan fingerprint density at radius 2 is 1.95 bits per heavy atom. The summed E-state index contributed by atoms with van der Waals surface area (Å²) in [5.74, 6) is 0.880. The number of morpholine rings is 1. The maximum absolute atomic E-state index is 13.4. The second-order valence-corrected chi connectivity index (χ2v) is 11.7. The molecule has 2 heterocycles. The minimum Gasteiger partial charge on any atom is -0.493 e. The molecule has 202 valence electrons. The molecule has 1 fully saturated rings. The summed E-state index contributed by atoms with van der Waals surface area (Å²) in [6.07, 6.45) is 1.50. The number of nitrogens with zero attached hydrogens (tertiary/aromatic N) is 4. The number of aromatic nitrogens is 2. The van der Waals surface area contributed by atoms with Crippen molar-refractivity contribution in [1.82, 2.24) is 14.6 Å². The highest BCUT2D eigenvalue weighted by Gasteiger charge is 2.24. The molecule has 9 nitrogen and oxygen atoms in total. The van der Waals surface area contributed by atoms with Gasteiger partial charge in [-0.3, -0.25) is 9.59 Å². The molecule has 0 N–H and O–H groups in total. The first-order valence-corrected chi connectivity index (χ1v) is 13.8. The van der Waals surface area contributed by atoms with Gasteiger partial charge < -0.3 is 19.1 Å². The Balaban J connectivity index is 1.70. The summed E-state index contributed by atoms with van der Waals surface area (Å²) in [5.41, 5.74) is 0.372. The number of fused-ring (bicyclic) bond motifs is 1. The maximum atomic E-state index is 13.4. The molecular formula is C26H27Br2ClN4O5. The van der Waals surface area contributed by atoms with Crippen LogP contribution in [0.3, 0.4) is 0 Å². The van der Waals surface area contributed by atoms with Gasteiger partial charge in [0.05, 0.1) is 37.4 Å². The maximum Gasteiger partial charge on any atom is 0.282 e. The number of methoxy groups -OCH3 is 1. The molecule has 0 radical (unpaired) electrons. The van der Waals surface area contributed by atoms with Gasteiger partial charge in [-0.1, -0.05) is 48.3 Å². The van der Waals surface area contributed by atoms with Crippen molar-refractivity contribution in [3.63, 3.8) is 0 Å². The number of amides is 1. The lowest BCUT2D eigenvalue weighted by Gasteiger charge is -2.27. The summed E-state index contributed by atoms with van der Waals surface area (Å²) >= 11 is 13.5. The van der Waals surface area contributed by atoms with Crippen molar-refractivity contribution >= 4 is 66.5 Å². The summed E-state index contributed by atoms with van der Waals surface area (Å²) < 4.78 is 19.1. The number of benzene rings is 2. The molecule has 0 saturated carbocycles. The lowest BCUT2D eigenvalue weighted by atomic mass is 9.95. The standard InChI is InChI=1S/C26H27Br2ClN4O5/c1-26(2,3)25-31-18-6-5-16(27)12-17(18)24(35)33(25)30-13-15-11-19(36-4)23(22(29)21(15)28)38-14-20(34)32-7-9-37-10-8-32/h5-6,11-13H,7-10,14H2,1-4H3. The Hall–Kier alpha value is -2.47. The first kappa shape index (κ1) is 28.5. The highest BCUT2D eigenvalue weighted by Crippen LogP contribution is 2.42. The van der Waals surface area contributed by atoms with Crippen LogP contribution in [0.2, 0.25) is 5.02 Å². The summed E-state index contributed by atoms with van der Waals surface area (Å²) in [7, 11) is 1.48. The zero-order valence-electron chi connectivity index (χ0n) is 21.4. The molecule has 0 bridgehead atoms. The van der Waals surface area contributed by atoms with Crippen LogP contribution in [0.4, 0.5) is 0 Å². The third-order valence-electron chi connectivity index (χ3n) is 5.87. The minimum atomic E-state index is -0.463. The zero-order chi connectivity index (χ0) is 27.6. The van der Waals surface area contributed by atoms with Crippen LogP contribution in [0.5, 0.6) is 11.5 Å². The predicted octanol–water partition coefficient (Wildman–Crippen LogP) is 5.00. The lowest BCUT2D eigenvalue weighted by Crippen LogP contribution is -2.43. The molecule has 1 aliphatic heterocycles. The molecule has 1 aliphatic rings. The van der Waals surface area contributed by atoms with Gasteiger partial charge in [0.15, 0.2) is 18.1 Å².